The number of hydrogen-bond donors (Lipinski definition) is 1. The fourth-order valence-electron chi connectivity index (χ4n) is 4.07. The summed E-state index contributed by atoms with van der Waals surface area (Å²) in [5, 5.41) is 3.14. The highest BCUT2D eigenvalue weighted by Crippen LogP contribution is 2.47. The minimum atomic E-state index is -4.53. The molecule has 26 heavy (non-hydrogen) atoms. The molecule has 0 radical (unpaired) electrons. The highest BCUT2D eigenvalue weighted by atomic mass is 19.4. The highest BCUT2D eigenvalue weighted by molar-refractivity contribution is 5.84. The molecule has 1 aromatic carbocycles. The van der Waals surface area contributed by atoms with Gasteiger partial charge < -0.3 is 10.2 Å². The quantitative estimate of drug-likeness (QED) is 0.886. The number of rotatable bonds is 4. The number of carbonyl (C=O) groups excluding carboxylic acids is 1. The molecule has 0 spiro atoms. The fraction of sp³-hybridized carbons (Fsp3) is 0.632. The van der Waals surface area contributed by atoms with Gasteiger partial charge in [0.05, 0.1) is 0 Å². The lowest BCUT2D eigenvalue weighted by atomic mass is 9.83. The minimum absolute atomic E-state index is 0.159. The smallest absolute Gasteiger partial charge is 0.342 e. The monoisotopic (exact) mass is 369 g/mol. The van der Waals surface area contributed by atoms with E-state index < -0.39 is 17.5 Å². The van der Waals surface area contributed by atoms with E-state index in [1.165, 1.54) is 4.90 Å². The maximum atomic E-state index is 14.0. The Bertz CT molecular complexity index is 614. The molecule has 7 heteroatoms. The normalized spacial score (nSPS) is 25.6. The third kappa shape index (κ3) is 3.74. The lowest BCUT2D eigenvalue weighted by Crippen LogP contribution is -2.56. The second-order valence-corrected chi connectivity index (χ2v) is 7.38. The van der Waals surface area contributed by atoms with Crippen molar-refractivity contribution in [3.8, 4) is 0 Å². The molecule has 1 aromatic rings. The van der Waals surface area contributed by atoms with Crippen LogP contribution in [0, 0.1) is 5.41 Å². The number of alkyl halides is 3. The summed E-state index contributed by atoms with van der Waals surface area (Å²) < 4.78 is 42.0. The van der Waals surface area contributed by atoms with E-state index in [1.807, 2.05) is 37.4 Å². The van der Waals surface area contributed by atoms with Crippen LogP contribution in [0.5, 0.6) is 0 Å². The van der Waals surface area contributed by atoms with Crippen molar-refractivity contribution >= 4 is 5.91 Å². The first-order chi connectivity index (χ1) is 12.4. The van der Waals surface area contributed by atoms with Crippen LogP contribution in [0.2, 0.25) is 0 Å². The standard InChI is InChI=1S/C19H26F3N3O/c1-23-16-7-10-25(11-8-16)17(26)18(19(20,21)22)9-12-24(14-18)13-15-5-3-2-4-6-15/h2-6,16,23H,7-14H2,1H3. The van der Waals surface area contributed by atoms with Crippen molar-refractivity contribution in [1.82, 2.24) is 15.1 Å². The number of hydrogen-bond acceptors (Lipinski definition) is 3. The Balaban J connectivity index is 1.73. The number of benzene rings is 1. The maximum absolute atomic E-state index is 14.0. The highest BCUT2D eigenvalue weighted by Gasteiger charge is 2.64. The SMILES string of the molecule is CNC1CCN(C(=O)C2(C(F)(F)F)CCN(Cc3ccccc3)C2)CC1. The molecule has 1 amide bonds. The first-order valence-corrected chi connectivity index (χ1v) is 9.15. The van der Waals surface area contributed by atoms with Crippen LogP contribution in [0.25, 0.3) is 0 Å². The first kappa shape index (κ1) is 19.2. The summed E-state index contributed by atoms with van der Waals surface area (Å²) in [5.41, 5.74) is -1.30. The average Bonchev–Trinajstić information content (AvgIpc) is 3.07. The lowest BCUT2D eigenvalue weighted by molar-refractivity contribution is -0.224. The Morgan fingerprint density at radius 3 is 2.42 bits per heavy atom. The fourth-order valence-corrected chi connectivity index (χ4v) is 4.07. The van der Waals surface area contributed by atoms with Crippen LogP contribution in [-0.4, -0.2) is 61.2 Å². The molecule has 1 atom stereocenters. The number of halogens is 3. The second kappa shape index (κ2) is 7.56. The van der Waals surface area contributed by atoms with Gasteiger partial charge in [-0.15, -0.1) is 0 Å². The molecule has 2 saturated heterocycles. The summed E-state index contributed by atoms with van der Waals surface area (Å²) in [7, 11) is 1.85. The van der Waals surface area contributed by atoms with Crippen LogP contribution in [0.3, 0.4) is 0 Å². The minimum Gasteiger partial charge on any atom is -0.342 e. The van der Waals surface area contributed by atoms with Gasteiger partial charge in [-0.2, -0.15) is 13.2 Å². The van der Waals surface area contributed by atoms with Crippen molar-refractivity contribution in [2.75, 3.05) is 33.2 Å². The zero-order chi connectivity index (χ0) is 18.8. The zero-order valence-electron chi connectivity index (χ0n) is 15.1. The summed E-state index contributed by atoms with van der Waals surface area (Å²) in [4.78, 5) is 16.1. The van der Waals surface area contributed by atoms with Gasteiger partial charge >= 0.3 is 6.18 Å². The van der Waals surface area contributed by atoms with E-state index in [4.69, 9.17) is 0 Å². The van der Waals surface area contributed by atoms with E-state index in [1.54, 1.807) is 4.90 Å². The van der Waals surface area contributed by atoms with Crippen molar-refractivity contribution in [2.24, 2.45) is 5.41 Å². The van der Waals surface area contributed by atoms with Gasteiger partial charge in [-0.05, 0) is 38.4 Å². The second-order valence-electron chi connectivity index (χ2n) is 7.38. The van der Waals surface area contributed by atoms with E-state index >= 15 is 0 Å². The molecule has 1 unspecified atom stereocenters. The number of carbonyl (C=O) groups is 1. The predicted molar refractivity (Wildman–Crippen MR) is 93.5 cm³/mol. The molecule has 0 saturated carbocycles. The zero-order valence-corrected chi connectivity index (χ0v) is 15.1. The van der Waals surface area contributed by atoms with E-state index in [2.05, 4.69) is 5.32 Å². The van der Waals surface area contributed by atoms with Crippen LogP contribution in [0.15, 0.2) is 30.3 Å². The van der Waals surface area contributed by atoms with Crippen LogP contribution < -0.4 is 5.32 Å². The van der Waals surface area contributed by atoms with Gasteiger partial charge in [0.25, 0.3) is 0 Å². The number of piperidine rings is 1. The molecular weight excluding hydrogens is 343 g/mol. The Kier molecular flexibility index (Phi) is 5.58. The van der Waals surface area contributed by atoms with Crippen molar-refractivity contribution < 1.29 is 18.0 Å². The van der Waals surface area contributed by atoms with Gasteiger partial charge in [-0.25, -0.2) is 0 Å². The van der Waals surface area contributed by atoms with E-state index in [-0.39, 0.29) is 25.6 Å². The summed E-state index contributed by atoms with van der Waals surface area (Å²) in [6, 6.07) is 9.71. The topological polar surface area (TPSA) is 35.6 Å². The van der Waals surface area contributed by atoms with Gasteiger partial charge in [0.15, 0.2) is 5.41 Å². The molecular formula is C19H26F3N3O. The van der Waals surface area contributed by atoms with Crippen molar-refractivity contribution in [3.05, 3.63) is 35.9 Å². The summed E-state index contributed by atoms with van der Waals surface area (Å²) in [6.45, 7) is 1.25. The van der Waals surface area contributed by atoms with Gasteiger partial charge in [0.1, 0.15) is 0 Å². The molecule has 2 aliphatic heterocycles. The molecule has 3 rings (SSSR count). The number of amides is 1. The lowest BCUT2D eigenvalue weighted by Gasteiger charge is -2.39. The summed E-state index contributed by atoms with van der Waals surface area (Å²) in [5.74, 6) is -0.741. The van der Waals surface area contributed by atoms with Gasteiger partial charge in [-0.1, -0.05) is 30.3 Å². The largest absolute Gasteiger partial charge is 0.404 e. The molecule has 2 fully saturated rings. The van der Waals surface area contributed by atoms with Crippen molar-refractivity contribution in [3.63, 3.8) is 0 Å². The number of nitrogens with one attached hydrogen (secondary N) is 1. The van der Waals surface area contributed by atoms with Crippen LogP contribution in [0.4, 0.5) is 13.2 Å². The molecule has 144 valence electrons. The molecule has 1 N–H and O–H groups in total. The third-order valence-corrected chi connectivity index (χ3v) is 5.74. The molecule has 4 nitrogen and oxygen atoms in total. The Morgan fingerprint density at radius 1 is 1.19 bits per heavy atom. The average molecular weight is 369 g/mol. The molecule has 0 bridgehead atoms. The van der Waals surface area contributed by atoms with E-state index in [0.717, 1.165) is 5.56 Å². The van der Waals surface area contributed by atoms with Crippen LogP contribution >= 0.6 is 0 Å². The number of likely N-dealkylation sites (tertiary alicyclic amines) is 2. The maximum Gasteiger partial charge on any atom is 0.404 e. The summed E-state index contributed by atoms with van der Waals surface area (Å²) >= 11 is 0. The molecule has 2 heterocycles. The van der Waals surface area contributed by atoms with Crippen molar-refractivity contribution in [2.45, 2.75) is 38.0 Å². The number of nitrogens with zero attached hydrogens (tertiary/aromatic N) is 2. The van der Waals surface area contributed by atoms with Gasteiger partial charge in [0.2, 0.25) is 5.91 Å². The Hall–Kier alpha value is -1.60. The molecule has 2 aliphatic rings. The van der Waals surface area contributed by atoms with Crippen LogP contribution in [0.1, 0.15) is 24.8 Å². The van der Waals surface area contributed by atoms with Crippen LogP contribution in [-0.2, 0) is 11.3 Å². The van der Waals surface area contributed by atoms with E-state index in [9.17, 15) is 18.0 Å². The predicted octanol–water partition coefficient (Wildman–Crippen LogP) is 2.65. The summed E-state index contributed by atoms with van der Waals surface area (Å²) in [6.07, 6.45) is -3.29. The Morgan fingerprint density at radius 2 is 1.85 bits per heavy atom. The van der Waals surface area contributed by atoms with Crippen molar-refractivity contribution in [1.29, 1.82) is 0 Å². The third-order valence-electron chi connectivity index (χ3n) is 5.74. The van der Waals surface area contributed by atoms with Gasteiger partial charge in [-0.3, -0.25) is 9.69 Å². The van der Waals surface area contributed by atoms with E-state index in [0.29, 0.717) is 32.5 Å². The first-order valence-electron chi connectivity index (χ1n) is 9.15. The Labute approximate surface area is 152 Å². The molecule has 0 aliphatic carbocycles. The van der Waals surface area contributed by atoms with Gasteiger partial charge in [0, 0.05) is 32.2 Å². The molecule has 0 aromatic heterocycles.